The molecule has 1 aromatic carbocycles. The molecule has 0 aliphatic rings. The van der Waals surface area contributed by atoms with Crippen LogP contribution in [-0.4, -0.2) is 26.9 Å². The largest absolute Gasteiger partial charge is 0.494 e. The van der Waals surface area contributed by atoms with Gasteiger partial charge in [-0.05, 0) is 12.1 Å². The highest BCUT2D eigenvalue weighted by Crippen LogP contribution is 2.28. The van der Waals surface area contributed by atoms with Gasteiger partial charge >= 0.3 is 0 Å². The molecule has 6 nitrogen and oxygen atoms in total. The van der Waals surface area contributed by atoms with Crippen LogP contribution in [0.1, 0.15) is 0 Å². The Bertz CT molecular complexity index is 804. The molecule has 8 heteroatoms. The summed E-state index contributed by atoms with van der Waals surface area (Å²) in [5.41, 5.74) is 6.54. The Labute approximate surface area is 118 Å². The maximum absolute atomic E-state index is 13.2. The third-order valence-corrected chi connectivity index (χ3v) is 3.06. The second-order valence-corrected chi connectivity index (χ2v) is 4.34. The van der Waals surface area contributed by atoms with Gasteiger partial charge < -0.3 is 10.5 Å². The second-order valence-electron chi connectivity index (χ2n) is 3.98. The molecule has 0 fully saturated rings. The Balaban J connectivity index is 2.30. The minimum Gasteiger partial charge on any atom is -0.494 e. The number of aromatic nitrogens is 4. The zero-order chi connectivity index (χ0) is 14.3. The molecule has 2 aromatic heterocycles. The van der Waals surface area contributed by atoms with E-state index in [4.69, 9.17) is 22.1 Å². The van der Waals surface area contributed by atoms with Crippen molar-refractivity contribution in [1.82, 2.24) is 19.7 Å². The highest BCUT2D eigenvalue weighted by atomic mass is 35.5. The molecule has 0 amide bonds. The van der Waals surface area contributed by atoms with Crippen LogP contribution < -0.4 is 10.5 Å². The normalized spacial score (nSPS) is 10.9. The summed E-state index contributed by atoms with van der Waals surface area (Å²) >= 11 is 5.99. The van der Waals surface area contributed by atoms with Gasteiger partial charge in [0.2, 0.25) is 5.95 Å². The Morgan fingerprint density at radius 2 is 2.15 bits per heavy atom. The van der Waals surface area contributed by atoms with E-state index in [1.54, 1.807) is 0 Å². The van der Waals surface area contributed by atoms with Crippen LogP contribution in [-0.2, 0) is 0 Å². The van der Waals surface area contributed by atoms with Gasteiger partial charge in [0.15, 0.2) is 5.65 Å². The molecule has 2 heterocycles. The number of nitrogen functional groups attached to an aromatic ring is 1. The number of fused-ring (bicyclic) bond motifs is 1. The van der Waals surface area contributed by atoms with Gasteiger partial charge in [-0.2, -0.15) is 10.1 Å². The summed E-state index contributed by atoms with van der Waals surface area (Å²) in [5.74, 6) is -0.0529. The van der Waals surface area contributed by atoms with Crippen molar-refractivity contribution in [3.63, 3.8) is 0 Å². The summed E-state index contributed by atoms with van der Waals surface area (Å²) in [6, 6.07) is 4.10. The lowest BCUT2D eigenvalue weighted by atomic mass is 10.3. The lowest BCUT2D eigenvalue weighted by Gasteiger charge is -2.09. The first-order valence-corrected chi connectivity index (χ1v) is 5.98. The molecule has 0 unspecified atom stereocenters. The zero-order valence-electron chi connectivity index (χ0n) is 10.3. The van der Waals surface area contributed by atoms with Crippen LogP contribution >= 0.6 is 11.6 Å². The van der Waals surface area contributed by atoms with Crippen molar-refractivity contribution in [3.8, 4) is 11.4 Å². The lowest BCUT2D eigenvalue weighted by Crippen LogP contribution is -2.03. The first-order chi connectivity index (χ1) is 9.60. The summed E-state index contributed by atoms with van der Waals surface area (Å²) in [7, 11) is 1.44. The number of anilines is 1. The lowest BCUT2D eigenvalue weighted by molar-refractivity contribution is 0.408. The van der Waals surface area contributed by atoms with E-state index in [0.29, 0.717) is 22.5 Å². The van der Waals surface area contributed by atoms with Gasteiger partial charge in [0, 0.05) is 6.07 Å². The molecular formula is C12H9ClFN5O. The van der Waals surface area contributed by atoms with Crippen LogP contribution in [0, 0.1) is 5.82 Å². The number of ether oxygens (including phenoxy) is 1. The third kappa shape index (κ3) is 1.92. The number of rotatable bonds is 2. The first-order valence-electron chi connectivity index (χ1n) is 5.61. The Kier molecular flexibility index (Phi) is 2.90. The molecule has 0 bridgehead atoms. The topological polar surface area (TPSA) is 78.8 Å². The van der Waals surface area contributed by atoms with E-state index in [2.05, 4.69) is 15.1 Å². The van der Waals surface area contributed by atoms with Crippen LogP contribution in [0.5, 0.6) is 5.75 Å². The van der Waals surface area contributed by atoms with Crippen LogP contribution in [0.3, 0.4) is 0 Å². The van der Waals surface area contributed by atoms with E-state index in [1.165, 1.54) is 36.2 Å². The summed E-state index contributed by atoms with van der Waals surface area (Å²) < 4.78 is 19.9. The van der Waals surface area contributed by atoms with Crippen LogP contribution in [0.2, 0.25) is 5.15 Å². The average Bonchev–Trinajstić information content (AvgIpc) is 2.82. The van der Waals surface area contributed by atoms with Crippen LogP contribution in [0.15, 0.2) is 24.4 Å². The maximum Gasteiger partial charge on any atom is 0.223 e. The molecule has 0 saturated carbocycles. The van der Waals surface area contributed by atoms with Gasteiger partial charge in [0.05, 0.1) is 18.7 Å². The van der Waals surface area contributed by atoms with Crippen LogP contribution in [0.25, 0.3) is 16.7 Å². The minimum atomic E-state index is -0.408. The van der Waals surface area contributed by atoms with E-state index in [1.807, 2.05) is 0 Å². The summed E-state index contributed by atoms with van der Waals surface area (Å²) in [4.78, 5) is 7.96. The number of methoxy groups -OCH3 is 1. The molecular weight excluding hydrogens is 285 g/mol. The molecule has 2 N–H and O–H groups in total. The molecule has 0 radical (unpaired) electrons. The standard InChI is InChI=1S/C12H9ClFN5O/c1-20-9-4-6(14)2-3-8(9)19-11-7(5-16-19)10(13)17-12(15)18-11/h2-5H,1H3,(H2,15,17,18). The molecule has 0 aliphatic heterocycles. The van der Waals surface area contributed by atoms with Crippen molar-refractivity contribution in [2.75, 3.05) is 12.8 Å². The van der Waals surface area contributed by atoms with Crippen LogP contribution in [0.4, 0.5) is 10.3 Å². The summed E-state index contributed by atoms with van der Waals surface area (Å²) in [5, 5.41) is 4.93. The number of nitrogens with zero attached hydrogens (tertiary/aromatic N) is 4. The summed E-state index contributed by atoms with van der Waals surface area (Å²) in [6.45, 7) is 0. The molecule has 20 heavy (non-hydrogen) atoms. The van der Waals surface area contributed by atoms with Gasteiger partial charge in [-0.1, -0.05) is 11.6 Å². The fourth-order valence-corrected chi connectivity index (χ4v) is 2.11. The fourth-order valence-electron chi connectivity index (χ4n) is 1.89. The molecule has 3 aromatic rings. The number of halogens is 2. The third-order valence-electron chi connectivity index (χ3n) is 2.77. The van der Waals surface area contributed by atoms with Gasteiger partial charge in [0.1, 0.15) is 22.4 Å². The van der Waals surface area contributed by atoms with Crippen molar-refractivity contribution < 1.29 is 9.13 Å². The van der Waals surface area contributed by atoms with Gasteiger partial charge in [0.25, 0.3) is 0 Å². The van der Waals surface area contributed by atoms with Crippen molar-refractivity contribution >= 4 is 28.6 Å². The Morgan fingerprint density at radius 3 is 2.90 bits per heavy atom. The van der Waals surface area contributed by atoms with E-state index < -0.39 is 5.82 Å². The fraction of sp³-hybridized carbons (Fsp3) is 0.0833. The van der Waals surface area contributed by atoms with Gasteiger partial charge in [-0.3, -0.25) is 0 Å². The Hall–Kier alpha value is -2.41. The SMILES string of the molecule is COc1cc(F)ccc1-n1ncc2c(Cl)nc(N)nc21. The van der Waals surface area contributed by atoms with E-state index in [0.717, 1.165) is 0 Å². The minimum absolute atomic E-state index is 0.0327. The monoisotopic (exact) mass is 293 g/mol. The van der Waals surface area contributed by atoms with Crippen molar-refractivity contribution in [2.45, 2.75) is 0 Å². The molecule has 0 aliphatic carbocycles. The first kappa shape index (κ1) is 12.6. The second kappa shape index (κ2) is 4.61. The smallest absolute Gasteiger partial charge is 0.223 e. The highest BCUT2D eigenvalue weighted by Gasteiger charge is 2.15. The highest BCUT2D eigenvalue weighted by molar-refractivity contribution is 6.34. The van der Waals surface area contributed by atoms with Crippen molar-refractivity contribution in [2.24, 2.45) is 0 Å². The number of benzene rings is 1. The quantitative estimate of drug-likeness (QED) is 0.733. The summed E-state index contributed by atoms with van der Waals surface area (Å²) in [6.07, 6.45) is 1.51. The van der Waals surface area contributed by atoms with Crippen molar-refractivity contribution in [3.05, 3.63) is 35.4 Å². The predicted molar refractivity (Wildman–Crippen MR) is 72.6 cm³/mol. The van der Waals surface area contributed by atoms with E-state index in [9.17, 15) is 4.39 Å². The number of hydrogen-bond acceptors (Lipinski definition) is 5. The molecule has 0 saturated heterocycles. The molecule has 102 valence electrons. The molecule has 0 spiro atoms. The van der Waals surface area contributed by atoms with E-state index in [-0.39, 0.29) is 11.1 Å². The Morgan fingerprint density at radius 1 is 1.35 bits per heavy atom. The predicted octanol–water partition coefficient (Wildman–Crippen LogP) is 2.20. The zero-order valence-corrected chi connectivity index (χ0v) is 11.1. The van der Waals surface area contributed by atoms with Gasteiger partial charge in [-0.15, -0.1) is 0 Å². The van der Waals surface area contributed by atoms with E-state index >= 15 is 0 Å². The molecule has 3 rings (SSSR count). The number of nitrogens with two attached hydrogens (primary N) is 1. The maximum atomic E-state index is 13.2. The number of hydrogen-bond donors (Lipinski definition) is 1. The van der Waals surface area contributed by atoms with Crippen molar-refractivity contribution in [1.29, 1.82) is 0 Å². The average molecular weight is 294 g/mol. The molecule has 0 atom stereocenters. The van der Waals surface area contributed by atoms with Gasteiger partial charge in [-0.25, -0.2) is 14.1 Å².